The molecule has 0 bridgehead atoms. The minimum absolute atomic E-state index is 0.00840. The van der Waals surface area contributed by atoms with E-state index in [0.29, 0.717) is 26.1 Å². The van der Waals surface area contributed by atoms with Crippen LogP contribution >= 0.6 is 0 Å². The number of carbonyl (C=O) groups is 1. The third-order valence-electron chi connectivity index (χ3n) is 3.59. The number of β-amino-alcohol motifs (C(OH)–C–C–N with tert-alkyl or cyclic N) is 1. The second kappa shape index (κ2) is 4.31. The van der Waals surface area contributed by atoms with Crippen LogP contribution in [-0.4, -0.2) is 53.4 Å². The van der Waals surface area contributed by atoms with Gasteiger partial charge in [-0.25, -0.2) is 0 Å². The molecule has 92 valence electrons. The van der Waals surface area contributed by atoms with Gasteiger partial charge in [0.15, 0.2) is 0 Å². The Kier molecular flexibility index (Phi) is 3.19. The normalized spacial score (nSPS) is 32.6. The van der Waals surface area contributed by atoms with Crippen molar-refractivity contribution in [3.8, 4) is 0 Å². The highest BCUT2D eigenvalue weighted by atomic mass is 16.5. The molecule has 2 atom stereocenters. The number of amides is 1. The van der Waals surface area contributed by atoms with E-state index in [1.807, 2.05) is 6.92 Å². The van der Waals surface area contributed by atoms with Crippen molar-refractivity contribution in [2.24, 2.45) is 5.73 Å². The molecule has 2 heterocycles. The molecule has 0 aliphatic carbocycles. The van der Waals surface area contributed by atoms with Crippen LogP contribution in [0, 0.1) is 0 Å². The number of aliphatic hydroxyl groups is 1. The summed E-state index contributed by atoms with van der Waals surface area (Å²) in [7, 11) is 0. The van der Waals surface area contributed by atoms with Gasteiger partial charge in [0.05, 0.1) is 24.8 Å². The van der Waals surface area contributed by atoms with Crippen LogP contribution in [-0.2, 0) is 9.53 Å². The molecule has 16 heavy (non-hydrogen) atoms. The largest absolute Gasteiger partial charge is 0.386 e. The van der Waals surface area contributed by atoms with E-state index in [4.69, 9.17) is 10.5 Å². The zero-order chi connectivity index (χ0) is 11.8. The van der Waals surface area contributed by atoms with Crippen LogP contribution in [0.1, 0.15) is 26.2 Å². The summed E-state index contributed by atoms with van der Waals surface area (Å²) in [6.45, 7) is 3.28. The predicted octanol–water partition coefficient (Wildman–Crippen LogP) is -0.524. The Morgan fingerprint density at radius 1 is 1.56 bits per heavy atom. The van der Waals surface area contributed by atoms with Crippen LogP contribution in [0.4, 0.5) is 0 Å². The molecule has 5 nitrogen and oxygen atoms in total. The van der Waals surface area contributed by atoms with E-state index >= 15 is 0 Å². The monoisotopic (exact) mass is 228 g/mol. The van der Waals surface area contributed by atoms with E-state index in [1.165, 1.54) is 0 Å². The molecule has 2 saturated heterocycles. The van der Waals surface area contributed by atoms with Gasteiger partial charge in [-0.2, -0.15) is 0 Å². The third kappa shape index (κ3) is 2.07. The minimum Gasteiger partial charge on any atom is -0.386 e. The number of ether oxygens (including phenoxy) is 1. The topological polar surface area (TPSA) is 75.8 Å². The van der Waals surface area contributed by atoms with Crippen molar-refractivity contribution in [2.75, 3.05) is 19.6 Å². The second-order valence-corrected chi connectivity index (χ2v) is 4.83. The Morgan fingerprint density at radius 3 is 2.75 bits per heavy atom. The van der Waals surface area contributed by atoms with Gasteiger partial charge in [0.2, 0.25) is 0 Å². The Bertz CT molecular complexity index is 276. The first-order valence-corrected chi connectivity index (χ1v) is 5.94. The van der Waals surface area contributed by atoms with Gasteiger partial charge in [-0.3, -0.25) is 4.79 Å². The molecular weight excluding hydrogens is 208 g/mol. The first kappa shape index (κ1) is 11.8. The summed E-state index contributed by atoms with van der Waals surface area (Å²) in [5, 5.41) is 9.82. The summed E-state index contributed by atoms with van der Waals surface area (Å²) in [4.78, 5) is 13.6. The number of hydrogen-bond donors (Lipinski definition) is 2. The van der Waals surface area contributed by atoms with Crippen LogP contribution in [0.5, 0.6) is 0 Å². The predicted molar refractivity (Wildman–Crippen MR) is 58.8 cm³/mol. The number of nitrogens with zero attached hydrogens (tertiary/aromatic N) is 1. The quantitative estimate of drug-likeness (QED) is 0.681. The summed E-state index contributed by atoms with van der Waals surface area (Å²) in [6.07, 6.45) is 1.99. The minimum atomic E-state index is -0.665. The Labute approximate surface area is 95.5 Å². The maximum absolute atomic E-state index is 11.9. The maximum atomic E-state index is 11.9. The molecule has 0 radical (unpaired) electrons. The molecule has 0 aromatic heterocycles. The molecule has 2 rings (SSSR count). The fourth-order valence-electron chi connectivity index (χ4n) is 2.31. The van der Waals surface area contributed by atoms with Gasteiger partial charge >= 0.3 is 0 Å². The van der Waals surface area contributed by atoms with Crippen molar-refractivity contribution >= 4 is 5.91 Å². The molecule has 0 aromatic carbocycles. The summed E-state index contributed by atoms with van der Waals surface area (Å²) < 4.78 is 5.53. The number of nitrogens with two attached hydrogens (primary N) is 1. The van der Waals surface area contributed by atoms with Crippen LogP contribution in [0.25, 0.3) is 0 Å². The average Bonchev–Trinajstić information content (AvgIpc) is 2.72. The molecule has 2 unspecified atom stereocenters. The molecule has 2 aliphatic heterocycles. The zero-order valence-corrected chi connectivity index (χ0v) is 9.69. The lowest BCUT2D eigenvalue weighted by Crippen LogP contribution is -2.64. The third-order valence-corrected chi connectivity index (χ3v) is 3.59. The lowest BCUT2D eigenvalue weighted by Gasteiger charge is -2.46. The van der Waals surface area contributed by atoms with Crippen LogP contribution in [0.3, 0.4) is 0 Å². The Hall–Kier alpha value is -0.650. The maximum Gasteiger partial charge on any atom is 0.251 e. The summed E-state index contributed by atoms with van der Waals surface area (Å²) in [6, 6.07) is 0. The Balaban J connectivity index is 1.82. The highest BCUT2D eigenvalue weighted by Gasteiger charge is 2.45. The molecule has 2 fully saturated rings. The van der Waals surface area contributed by atoms with Crippen molar-refractivity contribution < 1.29 is 14.6 Å². The van der Waals surface area contributed by atoms with E-state index < -0.39 is 5.60 Å². The average molecular weight is 228 g/mol. The molecular formula is C11H20N2O3. The van der Waals surface area contributed by atoms with Gasteiger partial charge in [-0.15, -0.1) is 0 Å². The van der Waals surface area contributed by atoms with Crippen molar-refractivity contribution in [1.82, 2.24) is 4.90 Å². The highest BCUT2D eigenvalue weighted by Crippen LogP contribution is 2.28. The first-order chi connectivity index (χ1) is 7.58. The van der Waals surface area contributed by atoms with Crippen LogP contribution in [0.2, 0.25) is 0 Å². The number of hydrogen-bond acceptors (Lipinski definition) is 4. The van der Waals surface area contributed by atoms with Gasteiger partial charge in [0, 0.05) is 6.54 Å². The van der Waals surface area contributed by atoms with Gasteiger partial charge in [0.1, 0.15) is 6.10 Å². The number of rotatable bonds is 3. The lowest BCUT2D eigenvalue weighted by molar-refractivity contribution is -0.166. The van der Waals surface area contributed by atoms with E-state index in [-0.39, 0.29) is 18.1 Å². The van der Waals surface area contributed by atoms with Crippen LogP contribution < -0.4 is 5.73 Å². The van der Waals surface area contributed by atoms with Crippen LogP contribution in [0.15, 0.2) is 0 Å². The van der Waals surface area contributed by atoms with Gasteiger partial charge in [0.25, 0.3) is 5.91 Å². The standard InChI is InChI=1S/C11H20N2O3/c1-2-11(15)6-13(7-11)10(14)9-4-3-8(5-12)16-9/h8-9,15H,2-7,12H2,1H3. The second-order valence-electron chi connectivity index (χ2n) is 4.83. The summed E-state index contributed by atoms with van der Waals surface area (Å²) >= 11 is 0. The van der Waals surface area contributed by atoms with Gasteiger partial charge in [-0.1, -0.05) is 6.92 Å². The molecule has 0 aromatic rings. The first-order valence-electron chi connectivity index (χ1n) is 5.94. The Morgan fingerprint density at radius 2 is 2.25 bits per heavy atom. The van der Waals surface area contributed by atoms with E-state index in [0.717, 1.165) is 12.8 Å². The summed E-state index contributed by atoms with van der Waals surface area (Å²) in [5.74, 6) is 0.00840. The van der Waals surface area contributed by atoms with Crippen molar-refractivity contribution in [1.29, 1.82) is 0 Å². The molecule has 0 saturated carbocycles. The molecule has 2 aliphatic rings. The smallest absolute Gasteiger partial charge is 0.251 e. The molecule has 3 N–H and O–H groups in total. The SMILES string of the molecule is CCC1(O)CN(C(=O)C2CCC(CN)O2)C1. The lowest BCUT2D eigenvalue weighted by atomic mass is 9.91. The molecule has 0 spiro atoms. The van der Waals surface area contributed by atoms with Crippen molar-refractivity contribution in [3.05, 3.63) is 0 Å². The van der Waals surface area contributed by atoms with Gasteiger partial charge < -0.3 is 20.5 Å². The fraction of sp³-hybridized carbons (Fsp3) is 0.909. The fourth-order valence-corrected chi connectivity index (χ4v) is 2.31. The highest BCUT2D eigenvalue weighted by molar-refractivity contribution is 5.82. The van der Waals surface area contributed by atoms with Gasteiger partial charge in [-0.05, 0) is 19.3 Å². The zero-order valence-electron chi connectivity index (χ0n) is 9.69. The molecule has 1 amide bonds. The van der Waals surface area contributed by atoms with E-state index in [9.17, 15) is 9.90 Å². The summed E-state index contributed by atoms with van der Waals surface area (Å²) in [5.41, 5.74) is 4.83. The van der Waals surface area contributed by atoms with Crippen molar-refractivity contribution in [2.45, 2.75) is 44.0 Å². The van der Waals surface area contributed by atoms with E-state index in [2.05, 4.69) is 0 Å². The molecule has 5 heteroatoms. The number of likely N-dealkylation sites (tertiary alicyclic amines) is 1. The van der Waals surface area contributed by atoms with E-state index in [1.54, 1.807) is 4.90 Å². The van der Waals surface area contributed by atoms with Crippen molar-refractivity contribution in [3.63, 3.8) is 0 Å². The number of carbonyl (C=O) groups excluding carboxylic acids is 1.